The highest BCUT2D eigenvalue weighted by atomic mass is 32.1. The summed E-state index contributed by atoms with van der Waals surface area (Å²) in [5.41, 5.74) is 0.702. The van der Waals surface area contributed by atoms with E-state index < -0.39 is 12.1 Å². The first-order valence-electron chi connectivity index (χ1n) is 8.09. The molecule has 6 nitrogen and oxygen atoms in total. The van der Waals surface area contributed by atoms with E-state index in [0.717, 1.165) is 4.88 Å². The molecule has 1 N–H and O–H groups in total. The normalized spacial score (nSPS) is 11.5. The maximum absolute atomic E-state index is 12.4. The van der Waals surface area contributed by atoms with Gasteiger partial charge in [0.2, 0.25) is 11.7 Å². The minimum Gasteiger partial charge on any atom is -0.496 e. The Morgan fingerprint density at radius 2 is 1.88 bits per heavy atom. The molecule has 138 valence electrons. The minimum atomic E-state index is -0.885. The van der Waals surface area contributed by atoms with Crippen molar-refractivity contribution in [3.8, 4) is 5.75 Å². The lowest BCUT2D eigenvalue weighted by molar-refractivity contribution is -0.145. The maximum Gasteiger partial charge on any atom is 0.311 e. The number of carbonyl (C=O) groups excluding carboxylic acids is 3. The number of para-hydroxylation sites is 1. The van der Waals surface area contributed by atoms with Crippen LogP contribution < -0.4 is 10.1 Å². The highest BCUT2D eigenvalue weighted by Gasteiger charge is 2.22. The molecule has 1 aromatic carbocycles. The predicted molar refractivity (Wildman–Crippen MR) is 98.4 cm³/mol. The Morgan fingerprint density at radius 1 is 1.15 bits per heavy atom. The van der Waals surface area contributed by atoms with Gasteiger partial charge in [0.15, 0.2) is 6.10 Å². The number of ether oxygens (including phenoxy) is 2. The molecule has 1 unspecified atom stereocenters. The van der Waals surface area contributed by atoms with Crippen LogP contribution in [0.5, 0.6) is 5.75 Å². The van der Waals surface area contributed by atoms with Gasteiger partial charge in [-0.25, -0.2) is 0 Å². The van der Waals surface area contributed by atoms with E-state index in [9.17, 15) is 14.4 Å². The van der Waals surface area contributed by atoms with Gasteiger partial charge in [0.1, 0.15) is 5.75 Å². The summed E-state index contributed by atoms with van der Waals surface area (Å²) in [5.74, 6) is -0.294. The van der Waals surface area contributed by atoms with E-state index >= 15 is 0 Å². The molecule has 0 aliphatic rings. The number of esters is 1. The summed E-state index contributed by atoms with van der Waals surface area (Å²) in [6.45, 7) is 3.36. The molecule has 0 fully saturated rings. The van der Waals surface area contributed by atoms with Crippen LogP contribution in [0.4, 0.5) is 0 Å². The third-order valence-electron chi connectivity index (χ3n) is 3.62. The van der Waals surface area contributed by atoms with Crippen molar-refractivity contribution in [3.63, 3.8) is 0 Å². The van der Waals surface area contributed by atoms with Crippen molar-refractivity contribution in [1.82, 2.24) is 5.32 Å². The Kier molecular flexibility index (Phi) is 6.91. The zero-order chi connectivity index (χ0) is 19.1. The quantitative estimate of drug-likeness (QED) is 0.567. The highest BCUT2D eigenvalue weighted by molar-refractivity contribution is 7.14. The SMILES string of the molecule is COc1ccccc1CC(=O)OC(C)C(=O)c1ccc(CNC(C)=O)s1. The van der Waals surface area contributed by atoms with Gasteiger partial charge in [-0.1, -0.05) is 18.2 Å². The van der Waals surface area contributed by atoms with Crippen molar-refractivity contribution in [1.29, 1.82) is 0 Å². The van der Waals surface area contributed by atoms with Crippen molar-refractivity contribution in [2.24, 2.45) is 0 Å². The molecule has 0 bridgehead atoms. The summed E-state index contributed by atoms with van der Waals surface area (Å²) < 4.78 is 10.5. The minimum absolute atomic E-state index is 0.0276. The molecule has 1 atom stereocenters. The average Bonchev–Trinajstić information content (AvgIpc) is 3.08. The van der Waals surface area contributed by atoms with Gasteiger partial charge in [-0.05, 0) is 25.1 Å². The van der Waals surface area contributed by atoms with Gasteiger partial charge >= 0.3 is 5.97 Å². The van der Waals surface area contributed by atoms with Gasteiger partial charge in [-0.2, -0.15) is 0 Å². The van der Waals surface area contributed by atoms with Crippen LogP contribution in [0.25, 0.3) is 0 Å². The van der Waals surface area contributed by atoms with Crippen LogP contribution in [0.15, 0.2) is 36.4 Å². The van der Waals surface area contributed by atoms with E-state index in [1.165, 1.54) is 25.4 Å². The molecule has 2 rings (SSSR count). The third kappa shape index (κ3) is 5.42. The summed E-state index contributed by atoms with van der Waals surface area (Å²) in [6.07, 6.45) is -0.857. The van der Waals surface area contributed by atoms with Crippen LogP contribution in [0.1, 0.15) is 34.0 Å². The van der Waals surface area contributed by atoms with Gasteiger partial charge in [-0.3, -0.25) is 14.4 Å². The van der Waals surface area contributed by atoms with Crippen LogP contribution >= 0.6 is 11.3 Å². The molecule has 2 aromatic rings. The third-order valence-corrected chi connectivity index (χ3v) is 4.72. The van der Waals surface area contributed by atoms with E-state index in [1.54, 1.807) is 31.2 Å². The molecule has 1 aromatic heterocycles. The predicted octanol–water partition coefficient (Wildman–Crippen LogP) is 2.75. The number of nitrogens with one attached hydrogen (secondary N) is 1. The fourth-order valence-corrected chi connectivity index (χ4v) is 3.28. The molecular weight excluding hydrogens is 354 g/mol. The standard InChI is InChI=1S/C19H21NO5S/c1-12(19(23)17-9-8-15(26-17)11-20-13(2)21)25-18(22)10-14-6-4-5-7-16(14)24-3/h4-9,12H,10-11H2,1-3H3,(H,20,21). The zero-order valence-electron chi connectivity index (χ0n) is 14.9. The molecule has 0 saturated heterocycles. The van der Waals surface area contributed by atoms with Crippen LogP contribution in [0, 0.1) is 0 Å². The summed E-state index contributed by atoms with van der Waals surface area (Å²) in [7, 11) is 1.53. The first-order chi connectivity index (χ1) is 12.4. The lowest BCUT2D eigenvalue weighted by Gasteiger charge is -2.12. The number of amides is 1. The second-order valence-corrected chi connectivity index (χ2v) is 6.83. The number of carbonyl (C=O) groups is 3. The second-order valence-electron chi connectivity index (χ2n) is 5.66. The van der Waals surface area contributed by atoms with Crippen molar-refractivity contribution < 1.29 is 23.9 Å². The summed E-state index contributed by atoms with van der Waals surface area (Å²) in [5, 5.41) is 2.68. The monoisotopic (exact) mass is 375 g/mol. The number of methoxy groups -OCH3 is 1. The van der Waals surface area contributed by atoms with Gasteiger partial charge in [-0.15, -0.1) is 11.3 Å². The van der Waals surface area contributed by atoms with Gasteiger partial charge < -0.3 is 14.8 Å². The van der Waals surface area contributed by atoms with Crippen LogP contribution in [0.2, 0.25) is 0 Å². The summed E-state index contributed by atoms with van der Waals surface area (Å²) >= 11 is 1.27. The average molecular weight is 375 g/mol. The van der Waals surface area contributed by atoms with Crippen molar-refractivity contribution in [2.45, 2.75) is 32.9 Å². The number of Topliss-reactive ketones (excluding diaryl/α,β-unsaturated/α-hetero) is 1. The summed E-state index contributed by atoms with van der Waals surface area (Å²) in [6, 6.07) is 10.6. The van der Waals surface area contributed by atoms with Gasteiger partial charge in [0, 0.05) is 17.4 Å². The lowest BCUT2D eigenvalue weighted by atomic mass is 10.1. The fraction of sp³-hybridized carbons (Fsp3) is 0.316. The number of benzene rings is 1. The molecule has 1 heterocycles. The van der Waals surface area contributed by atoms with E-state index in [1.807, 2.05) is 12.1 Å². The number of hydrogen-bond acceptors (Lipinski definition) is 6. The van der Waals surface area contributed by atoms with Crippen LogP contribution in [-0.4, -0.2) is 30.9 Å². The molecule has 0 spiro atoms. The molecular formula is C19H21NO5S. The Labute approximate surface area is 156 Å². The topological polar surface area (TPSA) is 81.7 Å². The largest absolute Gasteiger partial charge is 0.496 e. The van der Waals surface area contributed by atoms with E-state index in [-0.39, 0.29) is 18.1 Å². The van der Waals surface area contributed by atoms with Crippen LogP contribution in [0.3, 0.4) is 0 Å². The number of rotatable bonds is 8. The Hall–Kier alpha value is -2.67. The van der Waals surface area contributed by atoms with Crippen LogP contribution in [-0.2, 0) is 27.3 Å². The van der Waals surface area contributed by atoms with E-state index in [0.29, 0.717) is 22.7 Å². The summed E-state index contributed by atoms with van der Waals surface area (Å²) in [4.78, 5) is 36.9. The molecule has 26 heavy (non-hydrogen) atoms. The Bertz CT molecular complexity index is 799. The van der Waals surface area contributed by atoms with E-state index in [4.69, 9.17) is 9.47 Å². The van der Waals surface area contributed by atoms with Crippen molar-refractivity contribution in [3.05, 3.63) is 51.7 Å². The molecule has 1 amide bonds. The number of hydrogen-bond donors (Lipinski definition) is 1. The smallest absolute Gasteiger partial charge is 0.311 e. The molecule has 0 saturated carbocycles. The molecule has 0 aliphatic carbocycles. The first-order valence-corrected chi connectivity index (χ1v) is 8.91. The van der Waals surface area contributed by atoms with Crippen molar-refractivity contribution >= 4 is 29.0 Å². The Morgan fingerprint density at radius 3 is 2.58 bits per heavy atom. The lowest BCUT2D eigenvalue weighted by Crippen LogP contribution is -2.24. The highest BCUT2D eigenvalue weighted by Crippen LogP contribution is 2.21. The second kappa shape index (κ2) is 9.15. The zero-order valence-corrected chi connectivity index (χ0v) is 15.7. The number of ketones is 1. The fourth-order valence-electron chi connectivity index (χ4n) is 2.31. The molecule has 0 aliphatic heterocycles. The van der Waals surface area contributed by atoms with Gasteiger partial charge in [0.25, 0.3) is 0 Å². The van der Waals surface area contributed by atoms with Crippen molar-refractivity contribution in [2.75, 3.05) is 7.11 Å². The Balaban J connectivity index is 1.94. The molecule has 0 radical (unpaired) electrons. The maximum atomic E-state index is 12.4. The number of thiophene rings is 1. The molecule has 7 heteroatoms. The first kappa shape index (κ1) is 19.7. The van der Waals surface area contributed by atoms with E-state index in [2.05, 4.69) is 5.32 Å². The van der Waals surface area contributed by atoms with Gasteiger partial charge in [0.05, 0.1) is 25.0 Å².